The van der Waals surface area contributed by atoms with E-state index >= 15 is 0 Å². The summed E-state index contributed by atoms with van der Waals surface area (Å²) in [5.74, 6) is 0.581. The normalized spacial score (nSPS) is 13.3. The van der Waals surface area contributed by atoms with Gasteiger partial charge in [-0.25, -0.2) is 9.69 Å². The molecule has 4 aromatic carbocycles. The summed E-state index contributed by atoms with van der Waals surface area (Å²) in [5.41, 5.74) is 7.23. The van der Waals surface area contributed by atoms with Crippen LogP contribution in [-0.2, 0) is 26.9 Å². The highest BCUT2D eigenvalue weighted by Crippen LogP contribution is 2.41. The Morgan fingerprint density at radius 1 is 0.701 bits per heavy atom. The third-order valence-corrected chi connectivity index (χ3v) is 17.5. The molecule has 0 saturated heterocycles. The maximum absolute atomic E-state index is 11.3. The van der Waals surface area contributed by atoms with Gasteiger partial charge in [-0.05, 0) is 129 Å². The number of aromatic nitrogens is 4. The Labute approximate surface area is 403 Å². The van der Waals surface area contributed by atoms with Crippen molar-refractivity contribution in [3.8, 4) is 22.9 Å². The minimum Gasteiger partial charge on any atom is -0.420 e. The lowest BCUT2D eigenvalue weighted by Gasteiger charge is -2.40. The highest BCUT2D eigenvalue weighted by Gasteiger charge is 2.41. The van der Waals surface area contributed by atoms with E-state index in [2.05, 4.69) is 81.5 Å². The lowest BCUT2D eigenvalue weighted by atomic mass is 9.92. The van der Waals surface area contributed by atoms with Gasteiger partial charge in [0.1, 0.15) is 0 Å². The summed E-state index contributed by atoms with van der Waals surface area (Å²) < 4.78 is 18.8. The molecule has 2 aromatic heterocycles. The van der Waals surface area contributed by atoms with Crippen LogP contribution in [0.25, 0.3) is 32.6 Å². The number of halogens is 2. The molecular weight excluding hydrogens is 908 g/mol. The molecule has 0 bridgehead atoms. The highest BCUT2D eigenvalue weighted by atomic mass is 35.5. The van der Waals surface area contributed by atoms with Crippen molar-refractivity contribution < 1.29 is 28.0 Å². The zero-order valence-electron chi connectivity index (χ0n) is 39.6. The fraction of sp³-hybridized carbons (Fsp3) is 0.360. The minimum absolute atomic E-state index is 0.0397. The number of hydrogen-bond donors (Lipinski definition) is 3. The molecule has 0 fully saturated rings. The zero-order chi connectivity index (χ0) is 49.4. The van der Waals surface area contributed by atoms with Gasteiger partial charge in [0.25, 0.3) is 0 Å². The maximum Gasteiger partial charge on any atom is 0.247 e. The fourth-order valence-electron chi connectivity index (χ4n) is 6.95. The minimum atomic E-state index is -2.09. The smallest absolute Gasteiger partial charge is 0.247 e. The monoisotopic (exact) mass is 962 g/mol. The number of aliphatic hydroxyl groups excluding tert-OH is 1. The van der Waals surface area contributed by atoms with Crippen LogP contribution in [0.15, 0.2) is 81.6 Å². The van der Waals surface area contributed by atoms with E-state index in [1.807, 2.05) is 38.1 Å². The number of carbonyl (C=O) groups excluding carboxylic acids is 2. The van der Waals surface area contributed by atoms with Gasteiger partial charge in [0, 0.05) is 36.3 Å². The number of rotatable bonds is 14. The Bertz CT molecular complexity index is 2790. The lowest BCUT2D eigenvalue weighted by molar-refractivity contribution is -0.115. The molecule has 14 nitrogen and oxygen atoms in total. The molecule has 6 rings (SSSR count). The second kappa shape index (κ2) is 22.1. The van der Waals surface area contributed by atoms with Crippen molar-refractivity contribution in [2.45, 2.75) is 117 Å². The Balaban J connectivity index is 0.000000256. The second-order valence-corrected chi connectivity index (χ2v) is 23.5. The number of carbonyl (C=O) groups is 2. The van der Waals surface area contributed by atoms with Crippen LogP contribution in [0.3, 0.4) is 0 Å². The molecule has 3 N–H and O–H groups in total. The number of nitrogens with zero attached hydrogens (tertiary/aromatic N) is 6. The van der Waals surface area contributed by atoms with Crippen molar-refractivity contribution in [1.82, 2.24) is 20.4 Å². The average molecular weight is 964 g/mol. The first kappa shape index (κ1) is 51.8. The molecule has 0 radical (unpaired) electrons. The molecule has 2 heterocycles. The molecular formula is C50H56Cl2N8O6Si. The lowest BCUT2D eigenvalue weighted by Crippen LogP contribution is -2.44. The quantitative estimate of drug-likeness (QED) is 0.0704. The summed E-state index contributed by atoms with van der Waals surface area (Å²) in [6.07, 6.45) is 0.0713. The molecule has 0 unspecified atom stereocenters. The topological polar surface area (TPSA) is 174 Å². The average Bonchev–Trinajstić information content (AvgIpc) is 3.96. The SMILES string of the molecule is [C-]#[N+]c1ccc(C[C@@H](c2nnc(-c3ccc(NC(C)=O)cc3)o2)[C@@H](C)O)c(C)c1Cl.[C-]#[N+]c1ccc(C[C@@H](c2nnc(-c3ccc(NC(C)=O)cc3)o2)[C@@H](C)O[Si](C)(C)C(C)(C)C)c(C)c1Cl. The Hall–Kier alpha value is -6.20. The number of amides is 2. The van der Waals surface area contributed by atoms with Crippen molar-refractivity contribution in [3.05, 3.63) is 140 Å². The van der Waals surface area contributed by atoms with Gasteiger partial charge in [0.05, 0.1) is 47.2 Å². The molecule has 0 aliphatic carbocycles. The summed E-state index contributed by atoms with van der Waals surface area (Å²) in [6.45, 7) is 36.0. The molecule has 0 spiro atoms. The van der Waals surface area contributed by atoms with Crippen LogP contribution in [0.2, 0.25) is 28.2 Å². The van der Waals surface area contributed by atoms with Crippen LogP contribution >= 0.6 is 23.2 Å². The maximum atomic E-state index is 11.3. The second-order valence-electron chi connectivity index (χ2n) is 17.9. The Morgan fingerprint density at radius 2 is 1.09 bits per heavy atom. The molecule has 2 amide bonds. The summed E-state index contributed by atoms with van der Waals surface area (Å²) in [4.78, 5) is 29.4. The first-order chi connectivity index (χ1) is 31.5. The van der Waals surface area contributed by atoms with Crippen molar-refractivity contribution >= 4 is 66.1 Å². The number of nitrogens with one attached hydrogen (secondary N) is 2. The third kappa shape index (κ3) is 13.0. The van der Waals surface area contributed by atoms with Crippen LogP contribution < -0.4 is 10.6 Å². The van der Waals surface area contributed by atoms with E-state index in [-0.39, 0.29) is 28.9 Å². The van der Waals surface area contributed by atoms with Crippen LogP contribution in [0, 0.1) is 27.0 Å². The molecule has 6 aromatic rings. The standard InChI is InChI=1S/C28H35ClN4O3Si.C22H21ClN4O3/c1-17-21(12-15-24(30-7)25(17)29)16-23(18(2)36-37(8,9)28(4,5)6)27-33-32-26(35-27)20-10-13-22(14-11-20)31-19(3)34;1-12-16(7-10-19(24-4)20(12)23)11-18(13(2)28)22-27-26-21(30-22)15-5-8-17(9-6-15)25-14(3)29/h10-15,18,23H,16H2,1-6,8-9H3,(H,31,34);5-10,13,18,28H,11H2,1-3H3,(H,25,29)/t18-,23-;13-,18-/m11/s1. The molecule has 4 atom stereocenters. The zero-order valence-corrected chi connectivity index (χ0v) is 42.1. The van der Waals surface area contributed by atoms with E-state index in [0.29, 0.717) is 74.8 Å². The Kier molecular flexibility index (Phi) is 17.0. The molecule has 350 valence electrons. The fourth-order valence-corrected chi connectivity index (χ4v) is 8.85. The molecule has 0 aliphatic rings. The van der Waals surface area contributed by atoms with Gasteiger partial charge in [-0.15, -0.1) is 20.4 Å². The number of hydrogen-bond acceptors (Lipinski definition) is 10. The van der Waals surface area contributed by atoms with Gasteiger partial charge >= 0.3 is 0 Å². The van der Waals surface area contributed by atoms with E-state index in [0.717, 1.165) is 27.8 Å². The van der Waals surface area contributed by atoms with Gasteiger partial charge in [-0.3, -0.25) is 9.59 Å². The molecule has 0 aliphatic heterocycles. The van der Waals surface area contributed by atoms with E-state index in [1.165, 1.54) is 13.8 Å². The largest absolute Gasteiger partial charge is 0.420 e. The van der Waals surface area contributed by atoms with Crippen molar-refractivity contribution in [2.24, 2.45) is 0 Å². The molecule has 0 saturated carbocycles. The van der Waals surface area contributed by atoms with E-state index in [4.69, 9.17) is 49.6 Å². The number of anilines is 2. The molecule has 67 heavy (non-hydrogen) atoms. The van der Waals surface area contributed by atoms with E-state index in [1.54, 1.807) is 55.5 Å². The summed E-state index contributed by atoms with van der Waals surface area (Å²) in [7, 11) is -2.09. The highest BCUT2D eigenvalue weighted by molar-refractivity contribution is 6.74. The van der Waals surface area contributed by atoms with Crippen LogP contribution in [0.1, 0.15) is 94.3 Å². The first-order valence-electron chi connectivity index (χ1n) is 21.6. The van der Waals surface area contributed by atoms with Crippen LogP contribution in [-0.4, -0.2) is 57.8 Å². The summed E-state index contributed by atoms with van der Waals surface area (Å²) in [5, 5.41) is 33.7. The van der Waals surface area contributed by atoms with Gasteiger partial charge in [-0.1, -0.05) is 68.2 Å². The third-order valence-electron chi connectivity index (χ3n) is 11.9. The van der Waals surface area contributed by atoms with Gasteiger partial charge in [0.2, 0.25) is 46.8 Å². The summed E-state index contributed by atoms with van der Waals surface area (Å²) in [6, 6.07) is 21.5. The van der Waals surface area contributed by atoms with Crippen molar-refractivity contribution in [1.29, 1.82) is 0 Å². The van der Waals surface area contributed by atoms with E-state index < -0.39 is 20.3 Å². The molecule has 17 heteroatoms. The number of aliphatic hydroxyl groups is 1. The van der Waals surface area contributed by atoms with Gasteiger partial charge in [0.15, 0.2) is 8.32 Å². The van der Waals surface area contributed by atoms with Crippen LogP contribution in [0.5, 0.6) is 0 Å². The van der Waals surface area contributed by atoms with Crippen molar-refractivity contribution in [2.75, 3.05) is 10.6 Å². The van der Waals surface area contributed by atoms with Crippen LogP contribution in [0.4, 0.5) is 22.7 Å². The Morgan fingerprint density at radius 3 is 1.45 bits per heavy atom. The van der Waals surface area contributed by atoms with E-state index in [9.17, 15) is 14.7 Å². The number of benzene rings is 4. The predicted octanol–water partition coefficient (Wildman–Crippen LogP) is 12.9. The first-order valence-corrected chi connectivity index (χ1v) is 25.3. The summed E-state index contributed by atoms with van der Waals surface area (Å²) >= 11 is 12.8. The predicted molar refractivity (Wildman–Crippen MR) is 265 cm³/mol. The van der Waals surface area contributed by atoms with Crippen molar-refractivity contribution in [3.63, 3.8) is 0 Å². The van der Waals surface area contributed by atoms with Gasteiger partial charge in [-0.2, -0.15) is 0 Å². The van der Waals surface area contributed by atoms with Gasteiger partial charge < -0.3 is 29.0 Å².